The summed E-state index contributed by atoms with van der Waals surface area (Å²) in [7, 11) is 1.94. The average Bonchev–Trinajstić information content (AvgIpc) is 2.99. The van der Waals surface area contributed by atoms with Crippen LogP contribution < -0.4 is 5.32 Å². The van der Waals surface area contributed by atoms with E-state index in [4.69, 9.17) is 9.15 Å². The Kier molecular flexibility index (Phi) is 3.68. The zero-order valence-corrected chi connectivity index (χ0v) is 11.0. The number of nitrogens with zero attached hydrogens (tertiary/aromatic N) is 1. The Bertz CT molecular complexity index is 391. The average molecular weight is 250 g/mol. The largest absolute Gasteiger partial charge is 0.463 e. The molecule has 4 heteroatoms. The van der Waals surface area contributed by atoms with E-state index in [2.05, 4.69) is 22.3 Å². The first-order valence-corrected chi connectivity index (χ1v) is 6.94. The molecule has 1 aromatic rings. The van der Waals surface area contributed by atoms with E-state index in [1.165, 1.54) is 19.3 Å². The lowest BCUT2D eigenvalue weighted by atomic mass is 10.1. The second-order valence-electron chi connectivity index (χ2n) is 5.28. The van der Waals surface area contributed by atoms with Gasteiger partial charge >= 0.3 is 0 Å². The number of rotatable bonds is 4. The molecule has 1 N–H and O–H groups in total. The van der Waals surface area contributed by atoms with Crippen molar-refractivity contribution in [1.82, 2.24) is 10.2 Å². The highest BCUT2D eigenvalue weighted by molar-refractivity contribution is 5.07. The molecule has 0 radical (unpaired) electrons. The van der Waals surface area contributed by atoms with Crippen LogP contribution in [0.2, 0.25) is 0 Å². The lowest BCUT2D eigenvalue weighted by Gasteiger charge is -2.37. The Morgan fingerprint density at radius 3 is 3.11 bits per heavy atom. The first-order valence-electron chi connectivity index (χ1n) is 6.94. The van der Waals surface area contributed by atoms with Crippen molar-refractivity contribution in [2.75, 3.05) is 20.2 Å². The third kappa shape index (κ3) is 2.46. The minimum absolute atomic E-state index is 0.463. The van der Waals surface area contributed by atoms with Crippen molar-refractivity contribution >= 4 is 0 Å². The number of furan rings is 1. The lowest BCUT2D eigenvalue weighted by Crippen LogP contribution is -2.47. The van der Waals surface area contributed by atoms with Crippen molar-refractivity contribution in [3.8, 4) is 0 Å². The first-order chi connectivity index (χ1) is 8.86. The summed E-state index contributed by atoms with van der Waals surface area (Å²) in [5, 5.41) is 3.11. The second-order valence-corrected chi connectivity index (χ2v) is 5.28. The van der Waals surface area contributed by atoms with Crippen LogP contribution in [0.1, 0.15) is 30.8 Å². The molecule has 1 aliphatic heterocycles. The van der Waals surface area contributed by atoms with Crippen LogP contribution in [0.5, 0.6) is 0 Å². The molecule has 1 aliphatic carbocycles. The van der Waals surface area contributed by atoms with E-state index in [0.29, 0.717) is 12.1 Å². The third-order valence-electron chi connectivity index (χ3n) is 4.02. The van der Waals surface area contributed by atoms with Crippen LogP contribution in [0.3, 0.4) is 0 Å². The van der Waals surface area contributed by atoms with E-state index in [9.17, 15) is 0 Å². The summed E-state index contributed by atoms with van der Waals surface area (Å²) < 4.78 is 11.7. The van der Waals surface area contributed by atoms with Gasteiger partial charge in [-0.25, -0.2) is 0 Å². The van der Waals surface area contributed by atoms with Crippen molar-refractivity contribution in [2.45, 2.75) is 44.5 Å². The van der Waals surface area contributed by atoms with Gasteiger partial charge in [0.2, 0.25) is 0 Å². The minimum Gasteiger partial charge on any atom is -0.463 e. The van der Waals surface area contributed by atoms with Crippen LogP contribution in [0.25, 0.3) is 0 Å². The molecule has 2 unspecified atom stereocenters. The topological polar surface area (TPSA) is 37.6 Å². The van der Waals surface area contributed by atoms with E-state index >= 15 is 0 Å². The predicted molar refractivity (Wildman–Crippen MR) is 69.3 cm³/mol. The molecule has 0 bridgehead atoms. The van der Waals surface area contributed by atoms with Crippen molar-refractivity contribution in [3.05, 3.63) is 23.7 Å². The minimum atomic E-state index is 0.463. The SMILES string of the molecule is CNCc1ccc(CN2CCOC3CCCC32)o1. The maximum atomic E-state index is 5.83. The highest BCUT2D eigenvalue weighted by atomic mass is 16.5. The molecule has 100 valence electrons. The van der Waals surface area contributed by atoms with Crippen LogP contribution in [-0.4, -0.2) is 37.2 Å². The van der Waals surface area contributed by atoms with Crippen LogP contribution in [-0.2, 0) is 17.8 Å². The van der Waals surface area contributed by atoms with Gasteiger partial charge in [-0.1, -0.05) is 0 Å². The molecule has 1 saturated carbocycles. The van der Waals surface area contributed by atoms with E-state index < -0.39 is 0 Å². The van der Waals surface area contributed by atoms with Gasteiger partial charge < -0.3 is 14.5 Å². The normalized spacial score (nSPS) is 28.5. The summed E-state index contributed by atoms with van der Waals surface area (Å²) in [5.74, 6) is 2.09. The summed E-state index contributed by atoms with van der Waals surface area (Å²) in [5.41, 5.74) is 0. The van der Waals surface area contributed by atoms with Crippen LogP contribution in [0.4, 0.5) is 0 Å². The van der Waals surface area contributed by atoms with Gasteiger partial charge in [0.05, 0.1) is 25.8 Å². The molecule has 2 heterocycles. The van der Waals surface area contributed by atoms with E-state index in [-0.39, 0.29) is 0 Å². The number of hydrogen-bond acceptors (Lipinski definition) is 4. The number of morpholine rings is 1. The number of fused-ring (bicyclic) bond motifs is 1. The second kappa shape index (κ2) is 5.43. The van der Waals surface area contributed by atoms with Crippen molar-refractivity contribution in [2.24, 2.45) is 0 Å². The van der Waals surface area contributed by atoms with Gasteiger partial charge in [0.15, 0.2) is 0 Å². The predicted octanol–water partition coefficient (Wildman–Crippen LogP) is 1.75. The zero-order chi connectivity index (χ0) is 12.4. The first kappa shape index (κ1) is 12.2. The fourth-order valence-corrected chi connectivity index (χ4v) is 3.18. The Labute approximate surface area is 108 Å². The number of hydrogen-bond donors (Lipinski definition) is 1. The maximum Gasteiger partial charge on any atom is 0.118 e. The van der Waals surface area contributed by atoms with Gasteiger partial charge in [-0.2, -0.15) is 0 Å². The van der Waals surface area contributed by atoms with Gasteiger partial charge in [-0.3, -0.25) is 4.90 Å². The quantitative estimate of drug-likeness (QED) is 0.883. The Hall–Kier alpha value is -0.840. The fourth-order valence-electron chi connectivity index (χ4n) is 3.18. The summed E-state index contributed by atoms with van der Waals surface area (Å²) in [6, 6.07) is 4.78. The highest BCUT2D eigenvalue weighted by Gasteiger charge is 2.36. The van der Waals surface area contributed by atoms with Crippen LogP contribution in [0.15, 0.2) is 16.5 Å². The molecule has 2 fully saturated rings. The zero-order valence-electron chi connectivity index (χ0n) is 11.0. The number of ether oxygens (including phenoxy) is 1. The summed E-state index contributed by atoms with van der Waals surface area (Å²) in [4.78, 5) is 2.53. The molecule has 2 aliphatic rings. The molecule has 18 heavy (non-hydrogen) atoms. The van der Waals surface area contributed by atoms with Crippen molar-refractivity contribution in [1.29, 1.82) is 0 Å². The van der Waals surface area contributed by atoms with E-state index in [1.807, 2.05) is 7.05 Å². The molecule has 2 atom stereocenters. The van der Waals surface area contributed by atoms with Gasteiger partial charge in [0, 0.05) is 12.6 Å². The summed E-state index contributed by atoms with van der Waals surface area (Å²) in [6.07, 6.45) is 4.26. The van der Waals surface area contributed by atoms with Crippen LogP contribution in [0, 0.1) is 0 Å². The Balaban J connectivity index is 1.63. The Morgan fingerprint density at radius 1 is 1.33 bits per heavy atom. The van der Waals surface area contributed by atoms with Gasteiger partial charge in [-0.05, 0) is 38.4 Å². The highest BCUT2D eigenvalue weighted by Crippen LogP contribution is 2.30. The van der Waals surface area contributed by atoms with Gasteiger partial charge in [0.1, 0.15) is 11.5 Å². The van der Waals surface area contributed by atoms with Gasteiger partial charge in [-0.15, -0.1) is 0 Å². The number of nitrogens with one attached hydrogen (secondary N) is 1. The standard InChI is InChI=1S/C14H22N2O2/c1-15-9-11-5-6-12(18-11)10-16-7-8-17-14-4-2-3-13(14)16/h5-6,13-15H,2-4,7-10H2,1H3. The summed E-state index contributed by atoms with van der Waals surface area (Å²) >= 11 is 0. The molecule has 0 spiro atoms. The molecule has 3 rings (SSSR count). The molecule has 0 aromatic carbocycles. The summed E-state index contributed by atoms with van der Waals surface area (Å²) in [6.45, 7) is 3.62. The molecule has 4 nitrogen and oxygen atoms in total. The van der Waals surface area contributed by atoms with E-state index in [1.54, 1.807) is 0 Å². The fraction of sp³-hybridized carbons (Fsp3) is 0.714. The van der Waals surface area contributed by atoms with E-state index in [0.717, 1.165) is 37.8 Å². The van der Waals surface area contributed by atoms with Crippen molar-refractivity contribution in [3.63, 3.8) is 0 Å². The smallest absolute Gasteiger partial charge is 0.118 e. The van der Waals surface area contributed by atoms with Gasteiger partial charge in [0.25, 0.3) is 0 Å². The maximum absolute atomic E-state index is 5.83. The van der Waals surface area contributed by atoms with Crippen LogP contribution >= 0.6 is 0 Å². The third-order valence-corrected chi connectivity index (χ3v) is 4.02. The van der Waals surface area contributed by atoms with Crippen molar-refractivity contribution < 1.29 is 9.15 Å². The molecule has 1 saturated heterocycles. The lowest BCUT2D eigenvalue weighted by molar-refractivity contribution is -0.0607. The molecule has 1 aromatic heterocycles. The molecule has 0 amide bonds. The molecular formula is C14H22N2O2. The monoisotopic (exact) mass is 250 g/mol. The Morgan fingerprint density at radius 2 is 2.22 bits per heavy atom. The molecular weight excluding hydrogens is 228 g/mol.